The molecular formula is C11H22O4Si. The van der Waals surface area contributed by atoms with Gasteiger partial charge in [0.25, 0.3) is 0 Å². The smallest absolute Gasteiger partial charge is 0.330 e. The predicted octanol–water partition coefficient (Wildman–Crippen LogP) is 2.09. The molecule has 0 aliphatic rings. The largest absolute Gasteiger partial charge is 0.478 e. The molecule has 0 heterocycles. The summed E-state index contributed by atoms with van der Waals surface area (Å²) in [5.74, 6) is -0.844. The van der Waals surface area contributed by atoms with Crippen LogP contribution in [-0.2, 0) is 13.6 Å². The van der Waals surface area contributed by atoms with Crippen molar-refractivity contribution < 1.29 is 18.8 Å². The van der Waals surface area contributed by atoms with Crippen LogP contribution in [0.15, 0.2) is 11.6 Å². The van der Waals surface area contributed by atoms with Crippen LogP contribution in [0.2, 0.25) is 6.04 Å². The first-order valence-corrected chi connectivity index (χ1v) is 7.51. The number of aliphatic carboxylic acids is 1. The second-order valence-electron chi connectivity index (χ2n) is 3.46. The monoisotopic (exact) mass is 246 g/mol. The lowest BCUT2D eigenvalue weighted by molar-refractivity contribution is -0.132. The Balaban J connectivity index is 3.76. The Kier molecular flexibility index (Phi) is 9.17. The zero-order valence-electron chi connectivity index (χ0n) is 10.4. The zero-order valence-corrected chi connectivity index (χ0v) is 11.5. The molecule has 0 unspecified atom stereocenters. The third kappa shape index (κ3) is 7.61. The van der Waals surface area contributed by atoms with Gasteiger partial charge in [-0.2, -0.15) is 0 Å². The van der Waals surface area contributed by atoms with Crippen LogP contribution in [0.25, 0.3) is 0 Å². The molecule has 0 aromatic rings. The predicted molar refractivity (Wildman–Crippen MR) is 65.8 cm³/mol. The summed E-state index contributed by atoms with van der Waals surface area (Å²) in [5.41, 5.74) is 0.408. The van der Waals surface area contributed by atoms with Crippen LogP contribution < -0.4 is 0 Å². The van der Waals surface area contributed by atoms with E-state index in [1.165, 1.54) is 0 Å². The van der Waals surface area contributed by atoms with Gasteiger partial charge in [-0.25, -0.2) is 4.79 Å². The normalized spacial score (nSPS) is 12.1. The summed E-state index contributed by atoms with van der Waals surface area (Å²) >= 11 is 0. The van der Waals surface area contributed by atoms with E-state index in [1.807, 2.05) is 13.8 Å². The molecule has 0 radical (unpaired) electrons. The van der Waals surface area contributed by atoms with E-state index in [-0.39, 0.29) is 0 Å². The maximum Gasteiger partial charge on any atom is 0.330 e. The first kappa shape index (κ1) is 15.3. The average Bonchev–Trinajstić information content (AvgIpc) is 2.24. The number of rotatable bonds is 9. The van der Waals surface area contributed by atoms with Crippen molar-refractivity contribution in [2.75, 3.05) is 13.2 Å². The third-order valence-electron chi connectivity index (χ3n) is 2.14. The summed E-state index contributed by atoms with van der Waals surface area (Å²) < 4.78 is 11.0. The molecule has 0 aromatic carbocycles. The van der Waals surface area contributed by atoms with Crippen molar-refractivity contribution in [3.63, 3.8) is 0 Å². The lowest BCUT2D eigenvalue weighted by atomic mass is 10.2. The molecule has 0 rings (SSSR count). The second-order valence-corrected chi connectivity index (χ2v) is 5.57. The molecule has 0 spiro atoms. The SMILES string of the molecule is CCO[SiH](CCCC=C(C)C(=O)O)OCC. The first-order chi connectivity index (χ1) is 7.61. The van der Waals surface area contributed by atoms with Gasteiger partial charge in [-0.05, 0) is 39.7 Å². The molecule has 0 amide bonds. The van der Waals surface area contributed by atoms with E-state index in [0.717, 1.165) is 18.9 Å². The van der Waals surface area contributed by atoms with Crippen LogP contribution in [0.5, 0.6) is 0 Å². The Labute approximate surface area is 99.1 Å². The van der Waals surface area contributed by atoms with E-state index in [0.29, 0.717) is 18.8 Å². The molecule has 4 nitrogen and oxygen atoms in total. The van der Waals surface area contributed by atoms with E-state index in [9.17, 15) is 4.79 Å². The average molecular weight is 246 g/mol. The number of allylic oxidation sites excluding steroid dienone is 1. The maximum absolute atomic E-state index is 10.5. The van der Waals surface area contributed by atoms with Gasteiger partial charge in [-0.3, -0.25) is 0 Å². The minimum atomic E-state index is -1.50. The fourth-order valence-electron chi connectivity index (χ4n) is 1.28. The van der Waals surface area contributed by atoms with Crippen LogP contribution in [0, 0.1) is 0 Å². The van der Waals surface area contributed by atoms with Crippen LogP contribution in [-0.4, -0.2) is 33.6 Å². The number of carbonyl (C=O) groups is 1. The van der Waals surface area contributed by atoms with Gasteiger partial charge in [0.2, 0.25) is 0 Å². The van der Waals surface area contributed by atoms with E-state index in [4.69, 9.17) is 14.0 Å². The molecule has 5 heteroatoms. The summed E-state index contributed by atoms with van der Waals surface area (Å²) in [6.45, 7) is 6.94. The molecule has 0 atom stereocenters. The van der Waals surface area contributed by atoms with Gasteiger partial charge in [-0.1, -0.05) is 6.08 Å². The van der Waals surface area contributed by atoms with Crippen molar-refractivity contribution >= 4 is 15.3 Å². The van der Waals surface area contributed by atoms with E-state index >= 15 is 0 Å². The summed E-state index contributed by atoms with van der Waals surface area (Å²) in [4.78, 5) is 10.5. The number of carboxylic acid groups (broad SMARTS) is 1. The van der Waals surface area contributed by atoms with E-state index in [2.05, 4.69) is 0 Å². The number of carboxylic acids is 1. The van der Waals surface area contributed by atoms with Gasteiger partial charge in [0.15, 0.2) is 0 Å². The van der Waals surface area contributed by atoms with Crippen molar-refractivity contribution in [3.8, 4) is 0 Å². The maximum atomic E-state index is 10.5. The Bertz CT molecular complexity index is 222. The molecule has 0 saturated heterocycles. The van der Waals surface area contributed by atoms with Gasteiger partial charge >= 0.3 is 15.3 Å². The highest BCUT2D eigenvalue weighted by Crippen LogP contribution is 2.07. The van der Waals surface area contributed by atoms with Gasteiger partial charge in [0, 0.05) is 18.8 Å². The highest BCUT2D eigenvalue weighted by molar-refractivity contribution is 6.44. The second kappa shape index (κ2) is 9.56. The topological polar surface area (TPSA) is 55.8 Å². The quantitative estimate of drug-likeness (QED) is 0.384. The third-order valence-corrected chi connectivity index (χ3v) is 4.43. The lowest BCUT2D eigenvalue weighted by Crippen LogP contribution is -2.22. The zero-order chi connectivity index (χ0) is 12.4. The van der Waals surface area contributed by atoms with E-state index < -0.39 is 15.3 Å². The molecular weight excluding hydrogens is 224 g/mol. The summed E-state index contributed by atoms with van der Waals surface area (Å²) in [7, 11) is -1.50. The molecule has 0 aliphatic heterocycles. The fraction of sp³-hybridized carbons (Fsp3) is 0.727. The number of unbranched alkanes of at least 4 members (excludes halogenated alkanes) is 1. The van der Waals surface area contributed by atoms with Gasteiger partial charge in [-0.15, -0.1) is 0 Å². The Morgan fingerprint density at radius 3 is 2.31 bits per heavy atom. The summed E-state index contributed by atoms with van der Waals surface area (Å²) in [6, 6.07) is 0.936. The molecule has 94 valence electrons. The van der Waals surface area contributed by atoms with Crippen LogP contribution in [0.1, 0.15) is 33.6 Å². The lowest BCUT2D eigenvalue weighted by Gasteiger charge is -2.13. The van der Waals surface area contributed by atoms with Gasteiger partial charge in [0.1, 0.15) is 0 Å². The highest BCUT2D eigenvalue weighted by atomic mass is 28.3. The van der Waals surface area contributed by atoms with Crippen molar-refractivity contribution in [2.24, 2.45) is 0 Å². The minimum absolute atomic E-state index is 0.408. The first-order valence-electron chi connectivity index (χ1n) is 5.75. The van der Waals surface area contributed by atoms with Crippen molar-refractivity contribution in [2.45, 2.75) is 39.7 Å². The fourth-order valence-corrected chi connectivity index (χ4v) is 3.02. The molecule has 0 aromatic heterocycles. The Morgan fingerprint density at radius 1 is 1.31 bits per heavy atom. The molecule has 0 saturated carbocycles. The number of hydrogen-bond donors (Lipinski definition) is 1. The number of hydrogen-bond acceptors (Lipinski definition) is 3. The Morgan fingerprint density at radius 2 is 1.88 bits per heavy atom. The van der Waals surface area contributed by atoms with Crippen molar-refractivity contribution in [3.05, 3.63) is 11.6 Å². The summed E-state index contributed by atoms with van der Waals surface area (Å²) in [6.07, 6.45) is 3.47. The van der Waals surface area contributed by atoms with Crippen LogP contribution in [0.3, 0.4) is 0 Å². The minimum Gasteiger partial charge on any atom is -0.478 e. The molecule has 1 N–H and O–H groups in total. The Hall–Kier alpha value is -0.653. The molecule has 0 fully saturated rings. The van der Waals surface area contributed by atoms with Gasteiger partial charge in [0.05, 0.1) is 0 Å². The highest BCUT2D eigenvalue weighted by Gasteiger charge is 2.10. The van der Waals surface area contributed by atoms with Crippen LogP contribution in [0.4, 0.5) is 0 Å². The van der Waals surface area contributed by atoms with E-state index in [1.54, 1.807) is 13.0 Å². The summed E-state index contributed by atoms with van der Waals surface area (Å²) in [5, 5.41) is 8.65. The standard InChI is InChI=1S/C11H22O4Si/c1-4-14-16(15-5-2)9-7-6-8-10(3)11(12)13/h8,16H,4-7,9H2,1-3H3,(H,12,13). The van der Waals surface area contributed by atoms with Crippen LogP contribution >= 0.6 is 0 Å². The van der Waals surface area contributed by atoms with Gasteiger partial charge < -0.3 is 14.0 Å². The molecule has 0 aliphatic carbocycles. The molecule has 16 heavy (non-hydrogen) atoms. The van der Waals surface area contributed by atoms with Crippen molar-refractivity contribution in [1.82, 2.24) is 0 Å². The van der Waals surface area contributed by atoms with Crippen molar-refractivity contribution in [1.29, 1.82) is 0 Å². The molecule has 0 bridgehead atoms.